The molecule has 1 amide bonds. The average Bonchev–Trinajstić information content (AvgIpc) is 2.68. The highest BCUT2D eigenvalue weighted by Crippen LogP contribution is 2.43. The first kappa shape index (κ1) is 18.2. The highest BCUT2D eigenvalue weighted by atomic mass is 19.4. The van der Waals surface area contributed by atoms with Gasteiger partial charge in [0.2, 0.25) is 5.91 Å². The molecule has 0 fully saturated rings. The fourth-order valence-corrected chi connectivity index (χ4v) is 3.62. The van der Waals surface area contributed by atoms with Crippen molar-refractivity contribution < 1.29 is 18.0 Å². The molecule has 2 aromatic rings. The van der Waals surface area contributed by atoms with Gasteiger partial charge in [-0.2, -0.15) is 18.3 Å². The lowest BCUT2D eigenvalue weighted by Gasteiger charge is -2.40. The number of hydrogen-bond donors (Lipinski definition) is 1. The molecule has 4 rings (SSSR count). The molecule has 0 spiro atoms. The highest BCUT2D eigenvalue weighted by Gasteiger charge is 2.51. The van der Waals surface area contributed by atoms with Crippen LogP contribution >= 0.6 is 0 Å². The number of carbonyl (C=O) groups excluding carboxylic acids is 1. The van der Waals surface area contributed by atoms with Gasteiger partial charge in [0.1, 0.15) is 11.3 Å². The summed E-state index contributed by atoms with van der Waals surface area (Å²) < 4.78 is 39.7. The topological polar surface area (TPSA) is 53.8 Å². The number of alkyl halides is 3. The molecule has 2 atom stereocenters. The lowest BCUT2D eigenvalue weighted by molar-refractivity contribution is -0.137. The molecule has 7 heteroatoms. The maximum Gasteiger partial charge on any atom is 0.416 e. The zero-order chi connectivity index (χ0) is 19.9. The molecule has 1 N–H and O–H groups in total. The zero-order valence-corrected chi connectivity index (χ0v) is 14.9. The first-order valence-electron chi connectivity index (χ1n) is 8.67. The summed E-state index contributed by atoms with van der Waals surface area (Å²) in [6.07, 6.45) is 0.426. The number of nitrogens with zero attached hydrogens (tertiary/aromatic N) is 2. The molecule has 0 radical (unpaired) electrons. The van der Waals surface area contributed by atoms with E-state index in [4.69, 9.17) is 0 Å². The number of allylic oxidation sites excluding steroid dienone is 1. The number of carbonyl (C=O) groups is 1. The standard InChI is InChI=1S/C21H16F3N3O/c1-13-7-9-15(10-8-13)20-17(6-3-11-25-20)19(28)27-26-18(20)14-4-2-5-16(12-14)21(22,23)24/h2-12,17H,1H3,(H,27,28). The number of fused-ring (bicyclic) bond motifs is 1. The Balaban J connectivity index is 1.95. The summed E-state index contributed by atoms with van der Waals surface area (Å²) >= 11 is 0. The molecule has 2 aromatic carbocycles. The Labute approximate surface area is 159 Å². The van der Waals surface area contributed by atoms with E-state index in [1.807, 2.05) is 31.2 Å². The Kier molecular flexibility index (Phi) is 4.18. The number of hydrogen-bond acceptors (Lipinski definition) is 3. The van der Waals surface area contributed by atoms with E-state index >= 15 is 0 Å². The average molecular weight is 383 g/mol. The second-order valence-electron chi connectivity index (χ2n) is 6.79. The van der Waals surface area contributed by atoms with Gasteiger partial charge in [0.15, 0.2) is 0 Å². The van der Waals surface area contributed by atoms with E-state index in [2.05, 4.69) is 15.5 Å². The summed E-state index contributed by atoms with van der Waals surface area (Å²) in [4.78, 5) is 17.2. The minimum absolute atomic E-state index is 0.257. The van der Waals surface area contributed by atoms with E-state index < -0.39 is 23.2 Å². The summed E-state index contributed by atoms with van der Waals surface area (Å²) in [5, 5.41) is 4.16. The molecule has 0 aliphatic carbocycles. The molecule has 28 heavy (non-hydrogen) atoms. The van der Waals surface area contributed by atoms with Crippen molar-refractivity contribution >= 4 is 17.8 Å². The molecule has 0 saturated heterocycles. The van der Waals surface area contributed by atoms with Crippen molar-refractivity contribution in [2.45, 2.75) is 18.6 Å². The molecule has 142 valence electrons. The summed E-state index contributed by atoms with van der Waals surface area (Å²) in [6, 6.07) is 12.4. The van der Waals surface area contributed by atoms with Gasteiger partial charge in [-0.25, -0.2) is 5.43 Å². The number of aliphatic imine (C=N–C) groups is 1. The molecular weight excluding hydrogens is 367 g/mol. The predicted octanol–water partition coefficient (Wildman–Crippen LogP) is 4.00. The smallest absolute Gasteiger partial charge is 0.274 e. The number of halogens is 3. The van der Waals surface area contributed by atoms with Crippen molar-refractivity contribution in [1.82, 2.24) is 5.43 Å². The lowest BCUT2D eigenvalue weighted by atomic mass is 9.70. The summed E-state index contributed by atoms with van der Waals surface area (Å²) in [5.74, 6) is -1.08. The van der Waals surface area contributed by atoms with E-state index in [9.17, 15) is 18.0 Å². The second kappa shape index (κ2) is 6.44. The third-order valence-corrected chi connectivity index (χ3v) is 4.99. The van der Waals surface area contributed by atoms with Crippen LogP contribution < -0.4 is 5.43 Å². The van der Waals surface area contributed by atoms with Gasteiger partial charge >= 0.3 is 6.18 Å². The summed E-state index contributed by atoms with van der Waals surface area (Å²) in [7, 11) is 0. The van der Waals surface area contributed by atoms with Crippen LogP contribution in [-0.4, -0.2) is 17.8 Å². The fraction of sp³-hybridized carbons (Fsp3) is 0.190. The molecule has 2 unspecified atom stereocenters. The predicted molar refractivity (Wildman–Crippen MR) is 100 cm³/mol. The molecule has 0 aromatic heterocycles. The van der Waals surface area contributed by atoms with Crippen molar-refractivity contribution in [3.63, 3.8) is 0 Å². The number of amides is 1. The van der Waals surface area contributed by atoms with Crippen molar-refractivity contribution in [3.8, 4) is 0 Å². The fourth-order valence-electron chi connectivity index (χ4n) is 3.62. The van der Waals surface area contributed by atoms with Gasteiger partial charge in [0.05, 0.1) is 11.5 Å². The lowest BCUT2D eigenvalue weighted by Crippen LogP contribution is -2.53. The number of nitrogens with one attached hydrogen (secondary N) is 1. The van der Waals surface area contributed by atoms with Gasteiger partial charge in [-0.05, 0) is 30.7 Å². The minimum Gasteiger partial charge on any atom is -0.274 e. The van der Waals surface area contributed by atoms with Crippen LogP contribution in [0.5, 0.6) is 0 Å². The van der Waals surface area contributed by atoms with Gasteiger partial charge in [-0.3, -0.25) is 9.79 Å². The molecule has 0 saturated carbocycles. The van der Waals surface area contributed by atoms with E-state index in [1.165, 1.54) is 6.07 Å². The van der Waals surface area contributed by atoms with Crippen molar-refractivity contribution in [3.05, 3.63) is 82.9 Å². The number of aryl methyl sites for hydroxylation is 1. The van der Waals surface area contributed by atoms with Crippen LogP contribution in [0.4, 0.5) is 13.2 Å². The van der Waals surface area contributed by atoms with Gasteiger partial charge in [-0.15, -0.1) is 0 Å². The van der Waals surface area contributed by atoms with E-state index in [0.29, 0.717) is 5.56 Å². The maximum absolute atomic E-state index is 13.2. The zero-order valence-electron chi connectivity index (χ0n) is 14.9. The Morgan fingerprint density at radius 2 is 1.86 bits per heavy atom. The van der Waals surface area contributed by atoms with Crippen LogP contribution in [0.15, 0.2) is 70.8 Å². The van der Waals surface area contributed by atoms with E-state index in [1.54, 1.807) is 24.4 Å². The number of dihydropyridines is 1. The Bertz CT molecular complexity index is 1020. The SMILES string of the molecule is Cc1ccc(C23N=CC=CC2C(=O)NN=C3c2cccc(C(F)(F)F)c2)cc1. The van der Waals surface area contributed by atoms with Gasteiger partial charge in [0.25, 0.3) is 0 Å². The second-order valence-corrected chi connectivity index (χ2v) is 6.79. The Morgan fingerprint density at radius 3 is 2.57 bits per heavy atom. The third kappa shape index (κ3) is 2.83. The molecule has 2 aliphatic heterocycles. The van der Waals surface area contributed by atoms with Crippen LogP contribution in [0.25, 0.3) is 0 Å². The molecule has 2 aliphatic rings. The number of benzene rings is 2. The normalized spacial score (nSPS) is 23.8. The van der Waals surface area contributed by atoms with E-state index in [-0.39, 0.29) is 17.2 Å². The third-order valence-electron chi connectivity index (χ3n) is 4.99. The Morgan fingerprint density at radius 1 is 1.11 bits per heavy atom. The minimum atomic E-state index is -4.49. The van der Waals surface area contributed by atoms with Crippen LogP contribution in [0.3, 0.4) is 0 Å². The maximum atomic E-state index is 13.2. The van der Waals surface area contributed by atoms with Crippen LogP contribution in [0.2, 0.25) is 0 Å². The number of hydrazone groups is 1. The monoisotopic (exact) mass is 383 g/mol. The largest absolute Gasteiger partial charge is 0.416 e. The first-order valence-corrected chi connectivity index (χ1v) is 8.67. The van der Waals surface area contributed by atoms with Crippen molar-refractivity contribution in [2.75, 3.05) is 0 Å². The van der Waals surface area contributed by atoms with Gasteiger partial charge < -0.3 is 0 Å². The van der Waals surface area contributed by atoms with Crippen LogP contribution in [0, 0.1) is 12.8 Å². The summed E-state index contributed by atoms with van der Waals surface area (Å²) in [6.45, 7) is 1.93. The summed E-state index contributed by atoms with van der Waals surface area (Å²) in [5.41, 5.74) is 2.66. The first-order chi connectivity index (χ1) is 13.3. The molecule has 0 bridgehead atoms. The van der Waals surface area contributed by atoms with E-state index in [0.717, 1.165) is 17.7 Å². The molecule has 4 nitrogen and oxygen atoms in total. The van der Waals surface area contributed by atoms with Gasteiger partial charge in [0, 0.05) is 11.8 Å². The number of rotatable bonds is 2. The Hall–Kier alpha value is -3.22. The van der Waals surface area contributed by atoms with Crippen molar-refractivity contribution in [2.24, 2.45) is 16.0 Å². The van der Waals surface area contributed by atoms with Crippen LogP contribution in [0.1, 0.15) is 22.3 Å². The molecular formula is C21H16F3N3O. The van der Waals surface area contributed by atoms with Gasteiger partial charge in [-0.1, -0.05) is 48.0 Å². The van der Waals surface area contributed by atoms with Crippen molar-refractivity contribution in [1.29, 1.82) is 0 Å². The molecule has 2 heterocycles. The quantitative estimate of drug-likeness (QED) is 0.837. The highest BCUT2D eigenvalue weighted by molar-refractivity contribution is 6.14. The van der Waals surface area contributed by atoms with Crippen LogP contribution in [-0.2, 0) is 16.5 Å².